The molecule has 0 bridgehead atoms. The Hall–Kier alpha value is -2.89. The van der Waals surface area contributed by atoms with Gasteiger partial charge in [0.25, 0.3) is 0 Å². The first-order valence-corrected chi connectivity index (χ1v) is 8.53. The summed E-state index contributed by atoms with van der Waals surface area (Å²) < 4.78 is 15.8. The van der Waals surface area contributed by atoms with E-state index in [2.05, 4.69) is 24.5 Å². The van der Waals surface area contributed by atoms with Crippen LogP contribution in [0.25, 0.3) is 0 Å². The van der Waals surface area contributed by atoms with E-state index in [0.717, 1.165) is 22.6 Å². The van der Waals surface area contributed by atoms with Crippen LogP contribution in [0.4, 0.5) is 4.79 Å². The van der Waals surface area contributed by atoms with Gasteiger partial charge >= 0.3 is 6.03 Å². The molecule has 1 heterocycles. The summed E-state index contributed by atoms with van der Waals surface area (Å²) in [7, 11) is 1.65. The lowest BCUT2D eigenvalue weighted by Gasteiger charge is -2.26. The highest BCUT2D eigenvalue weighted by Gasteiger charge is 2.21. The van der Waals surface area contributed by atoms with Crippen molar-refractivity contribution in [3.05, 3.63) is 53.6 Å². The fourth-order valence-electron chi connectivity index (χ4n) is 2.74. The molecule has 1 aliphatic rings. The molecular formula is C20H24N2O4. The van der Waals surface area contributed by atoms with E-state index in [1.807, 2.05) is 42.5 Å². The first-order chi connectivity index (χ1) is 12.5. The quantitative estimate of drug-likeness (QED) is 0.834. The maximum atomic E-state index is 12.1. The van der Waals surface area contributed by atoms with Crippen LogP contribution in [0.15, 0.2) is 42.5 Å². The van der Waals surface area contributed by atoms with Crippen LogP contribution in [0.2, 0.25) is 0 Å². The predicted octanol–water partition coefficient (Wildman–Crippen LogP) is 3.20. The minimum atomic E-state index is -0.204. The van der Waals surface area contributed by atoms with Gasteiger partial charge in [-0.15, -0.1) is 0 Å². The number of ether oxygens (including phenoxy) is 3. The Morgan fingerprint density at radius 1 is 1.08 bits per heavy atom. The van der Waals surface area contributed by atoms with Gasteiger partial charge in [-0.1, -0.05) is 32.0 Å². The molecule has 2 aromatic rings. The molecule has 0 radical (unpaired) electrons. The van der Waals surface area contributed by atoms with Crippen molar-refractivity contribution in [3.8, 4) is 17.2 Å². The van der Waals surface area contributed by atoms with Gasteiger partial charge in [0.05, 0.1) is 7.11 Å². The van der Waals surface area contributed by atoms with Crippen LogP contribution in [0.5, 0.6) is 17.2 Å². The zero-order valence-corrected chi connectivity index (χ0v) is 15.3. The van der Waals surface area contributed by atoms with Crippen molar-refractivity contribution in [2.75, 3.05) is 20.4 Å². The highest BCUT2D eigenvalue weighted by atomic mass is 16.7. The Kier molecular flexibility index (Phi) is 5.21. The van der Waals surface area contributed by atoms with Crippen molar-refractivity contribution in [2.45, 2.75) is 25.8 Å². The number of hydrogen-bond acceptors (Lipinski definition) is 4. The highest BCUT2D eigenvalue weighted by Crippen LogP contribution is 2.32. The Bertz CT molecular complexity index is 772. The third kappa shape index (κ3) is 4.20. The van der Waals surface area contributed by atoms with E-state index < -0.39 is 0 Å². The summed E-state index contributed by atoms with van der Waals surface area (Å²) in [4.78, 5) is 12.1. The fraction of sp³-hybridized carbons (Fsp3) is 0.350. The molecular weight excluding hydrogens is 332 g/mol. The Labute approximate surface area is 153 Å². The molecule has 0 aromatic heterocycles. The Morgan fingerprint density at radius 3 is 2.54 bits per heavy atom. The first-order valence-electron chi connectivity index (χ1n) is 8.53. The van der Waals surface area contributed by atoms with E-state index in [0.29, 0.717) is 18.8 Å². The van der Waals surface area contributed by atoms with Crippen molar-refractivity contribution < 1.29 is 19.0 Å². The molecule has 6 nitrogen and oxygen atoms in total. The summed E-state index contributed by atoms with van der Waals surface area (Å²) in [6.45, 7) is 5.37. The summed E-state index contributed by atoms with van der Waals surface area (Å²) in [6, 6.07) is 13.3. The second-order valence-electron chi connectivity index (χ2n) is 6.84. The van der Waals surface area contributed by atoms with Crippen LogP contribution in [-0.2, 0) is 12.0 Å². The minimum Gasteiger partial charge on any atom is -0.497 e. The van der Waals surface area contributed by atoms with Crippen molar-refractivity contribution in [1.82, 2.24) is 10.6 Å². The molecule has 6 heteroatoms. The van der Waals surface area contributed by atoms with E-state index >= 15 is 0 Å². The molecule has 2 N–H and O–H groups in total. The van der Waals surface area contributed by atoms with Crippen molar-refractivity contribution in [3.63, 3.8) is 0 Å². The SMILES string of the molecule is COc1ccc(C(C)(C)CNC(=O)NCc2ccc3c(c2)OCO3)cc1. The van der Waals surface area contributed by atoms with Gasteiger partial charge in [-0.2, -0.15) is 0 Å². The van der Waals surface area contributed by atoms with E-state index in [4.69, 9.17) is 14.2 Å². The number of nitrogens with one attached hydrogen (secondary N) is 2. The number of carbonyl (C=O) groups is 1. The highest BCUT2D eigenvalue weighted by molar-refractivity contribution is 5.74. The van der Waals surface area contributed by atoms with E-state index in [1.54, 1.807) is 7.11 Å². The first kappa shape index (κ1) is 17.9. The molecule has 0 saturated heterocycles. The molecule has 0 unspecified atom stereocenters. The van der Waals surface area contributed by atoms with Crippen LogP contribution in [-0.4, -0.2) is 26.5 Å². The van der Waals surface area contributed by atoms with E-state index in [-0.39, 0.29) is 18.2 Å². The molecule has 0 saturated carbocycles. The van der Waals surface area contributed by atoms with Gasteiger partial charge < -0.3 is 24.8 Å². The van der Waals surface area contributed by atoms with E-state index in [9.17, 15) is 4.79 Å². The number of fused-ring (bicyclic) bond motifs is 1. The fourth-order valence-corrected chi connectivity index (χ4v) is 2.74. The van der Waals surface area contributed by atoms with Crippen molar-refractivity contribution in [1.29, 1.82) is 0 Å². The number of benzene rings is 2. The second kappa shape index (κ2) is 7.56. The zero-order valence-electron chi connectivity index (χ0n) is 15.3. The average molecular weight is 356 g/mol. The van der Waals surface area contributed by atoms with Gasteiger partial charge in [-0.25, -0.2) is 4.79 Å². The zero-order chi connectivity index (χ0) is 18.6. The van der Waals surface area contributed by atoms with Gasteiger partial charge in [0.1, 0.15) is 5.75 Å². The smallest absolute Gasteiger partial charge is 0.315 e. The van der Waals surface area contributed by atoms with Gasteiger partial charge in [-0.3, -0.25) is 0 Å². The number of carbonyl (C=O) groups excluding carboxylic acids is 1. The summed E-state index contributed by atoms with van der Waals surface area (Å²) in [5, 5.41) is 5.80. The third-order valence-corrected chi connectivity index (χ3v) is 4.45. The predicted molar refractivity (Wildman–Crippen MR) is 98.8 cm³/mol. The van der Waals surface area contributed by atoms with Gasteiger partial charge in [0, 0.05) is 18.5 Å². The number of urea groups is 1. The molecule has 0 spiro atoms. The van der Waals surface area contributed by atoms with Gasteiger partial charge in [0.15, 0.2) is 11.5 Å². The number of hydrogen-bond donors (Lipinski definition) is 2. The third-order valence-electron chi connectivity index (χ3n) is 4.45. The van der Waals surface area contributed by atoms with Gasteiger partial charge in [0.2, 0.25) is 6.79 Å². The largest absolute Gasteiger partial charge is 0.497 e. The van der Waals surface area contributed by atoms with E-state index in [1.165, 1.54) is 0 Å². The molecule has 26 heavy (non-hydrogen) atoms. The molecule has 0 fully saturated rings. The van der Waals surface area contributed by atoms with Gasteiger partial charge in [-0.05, 0) is 35.4 Å². The Balaban J connectivity index is 1.49. The number of rotatable bonds is 6. The second-order valence-corrected chi connectivity index (χ2v) is 6.84. The van der Waals surface area contributed by atoms with Crippen LogP contribution >= 0.6 is 0 Å². The number of amides is 2. The molecule has 0 aliphatic carbocycles. The Morgan fingerprint density at radius 2 is 1.81 bits per heavy atom. The van der Waals surface area contributed by atoms with Crippen LogP contribution in [0.1, 0.15) is 25.0 Å². The van der Waals surface area contributed by atoms with Crippen LogP contribution in [0, 0.1) is 0 Å². The lowest BCUT2D eigenvalue weighted by atomic mass is 9.84. The normalized spacial score (nSPS) is 12.6. The number of methoxy groups -OCH3 is 1. The summed E-state index contributed by atoms with van der Waals surface area (Å²) >= 11 is 0. The average Bonchev–Trinajstić information content (AvgIpc) is 3.12. The maximum absolute atomic E-state index is 12.1. The maximum Gasteiger partial charge on any atom is 0.315 e. The lowest BCUT2D eigenvalue weighted by Crippen LogP contribution is -2.42. The molecule has 2 amide bonds. The molecule has 2 aromatic carbocycles. The molecule has 138 valence electrons. The summed E-state index contributed by atoms with van der Waals surface area (Å²) in [5.74, 6) is 2.27. The molecule has 1 aliphatic heterocycles. The minimum absolute atomic E-state index is 0.192. The topological polar surface area (TPSA) is 68.8 Å². The van der Waals surface area contributed by atoms with Crippen molar-refractivity contribution in [2.24, 2.45) is 0 Å². The monoisotopic (exact) mass is 356 g/mol. The summed E-state index contributed by atoms with van der Waals surface area (Å²) in [6.07, 6.45) is 0. The standard InChI is InChI=1S/C20H24N2O4/c1-20(2,15-5-7-16(24-3)8-6-15)12-22-19(23)21-11-14-4-9-17-18(10-14)26-13-25-17/h4-10H,11-13H2,1-3H3,(H2,21,22,23). The van der Waals surface area contributed by atoms with Crippen molar-refractivity contribution >= 4 is 6.03 Å². The molecule has 3 rings (SSSR count). The van der Waals surface area contributed by atoms with Crippen LogP contribution < -0.4 is 24.8 Å². The van der Waals surface area contributed by atoms with Crippen LogP contribution in [0.3, 0.4) is 0 Å². The lowest BCUT2D eigenvalue weighted by molar-refractivity contribution is 0.174. The molecule has 0 atom stereocenters. The summed E-state index contributed by atoms with van der Waals surface area (Å²) in [5.41, 5.74) is 1.90.